The summed E-state index contributed by atoms with van der Waals surface area (Å²) in [6, 6.07) is 8.12. The summed E-state index contributed by atoms with van der Waals surface area (Å²) in [5, 5.41) is 9.95. The molecule has 1 aromatic heterocycles. The molecule has 26 heavy (non-hydrogen) atoms. The van der Waals surface area contributed by atoms with Crippen LogP contribution in [-0.4, -0.2) is 62.5 Å². The molecule has 0 unspecified atom stereocenters. The number of nitrogens with one attached hydrogen (secondary N) is 1. The molecule has 4 fully saturated rings. The van der Waals surface area contributed by atoms with Crippen LogP contribution in [0.4, 0.5) is 0 Å². The van der Waals surface area contributed by atoms with E-state index in [9.17, 15) is 9.90 Å². The smallest absolute Gasteiger partial charge is 0.289 e. The molecule has 136 valence electrons. The third-order valence-electron chi connectivity index (χ3n) is 6.46. The van der Waals surface area contributed by atoms with Gasteiger partial charge in [0.05, 0.1) is 6.04 Å². The highest BCUT2D eigenvalue weighted by Gasteiger charge is 2.55. The first-order chi connectivity index (χ1) is 12.6. The number of carbonyl (C=O) groups is 1. The molecule has 0 radical (unpaired) electrons. The van der Waals surface area contributed by atoms with E-state index in [-0.39, 0.29) is 17.9 Å². The van der Waals surface area contributed by atoms with E-state index in [1.165, 1.54) is 0 Å². The highest BCUT2D eigenvalue weighted by molar-refractivity contribution is 5.91. The minimum Gasteiger partial charge on any atom is -0.508 e. The Morgan fingerprint density at radius 1 is 1.27 bits per heavy atom. The van der Waals surface area contributed by atoms with Crippen LogP contribution in [0.1, 0.15) is 40.6 Å². The van der Waals surface area contributed by atoms with Crippen molar-refractivity contribution in [2.45, 2.75) is 37.8 Å². The molecule has 2 aromatic rings. The second kappa shape index (κ2) is 5.84. The predicted molar refractivity (Wildman–Crippen MR) is 97.1 cm³/mol. The maximum Gasteiger partial charge on any atom is 0.289 e. The Hall–Kier alpha value is -2.34. The number of aryl methyl sites for hydroxylation is 1. The van der Waals surface area contributed by atoms with E-state index >= 15 is 0 Å². The predicted octanol–water partition coefficient (Wildman–Crippen LogP) is 2.13. The van der Waals surface area contributed by atoms with Gasteiger partial charge in [-0.3, -0.25) is 9.69 Å². The summed E-state index contributed by atoms with van der Waals surface area (Å²) in [7, 11) is 0. The molecule has 4 saturated heterocycles. The number of nitrogens with zero attached hydrogens (tertiary/aromatic N) is 3. The van der Waals surface area contributed by atoms with E-state index in [2.05, 4.69) is 20.9 Å². The molecule has 0 saturated carbocycles. The molecule has 3 atom stereocenters. The van der Waals surface area contributed by atoms with Crippen LogP contribution < -0.4 is 0 Å². The van der Waals surface area contributed by atoms with Crippen LogP contribution in [0.2, 0.25) is 0 Å². The number of piperidine rings is 3. The fraction of sp³-hybridized carbons (Fsp3) is 0.500. The molecule has 6 nitrogen and oxygen atoms in total. The number of aromatic amines is 1. The highest BCUT2D eigenvalue weighted by atomic mass is 16.3. The Bertz CT molecular complexity index is 840. The second-order valence-corrected chi connectivity index (χ2v) is 7.93. The summed E-state index contributed by atoms with van der Waals surface area (Å²) in [5.41, 5.74) is 2.03. The van der Waals surface area contributed by atoms with Crippen LogP contribution >= 0.6 is 0 Å². The van der Waals surface area contributed by atoms with Crippen molar-refractivity contribution in [2.75, 3.05) is 19.6 Å². The van der Waals surface area contributed by atoms with Gasteiger partial charge < -0.3 is 15.0 Å². The van der Waals surface area contributed by atoms with Crippen molar-refractivity contribution in [1.29, 1.82) is 0 Å². The SMILES string of the molecule is Cc1cnc(C(=O)N2C[C@@H](c3cccc(O)c3)[C@@H]3[C@H]2C2CCN3CC2)[nH]1. The zero-order chi connectivity index (χ0) is 17.8. The molecule has 6 heteroatoms. The number of fused-ring (bicyclic) bond motifs is 2. The van der Waals surface area contributed by atoms with Gasteiger partial charge in [0.1, 0.15) is 5.75 Å². The van der Waals surface area contributed by atoms with Crippen molar-refractivity contribution in [1.82, 2.24) is 19.8 Å². The average molecular weight is 352 g/mol. The zero-order valence-electron chi connectivity index (χ0n) is 14.9. The van der Waals surface area contributed by atoms with Crippen LogP contribution in [-0.2, 0) is 0 Å². The fourth-order valence-corrected chi connectivity index (χ4v) is 5.36. The number of hydrogen-bond donors (Lipinski definition) is 2. The summed E-state index contributed by atoms with van der Waals surface area (Å²) in [6.07, 6.45) is 4.04. The largest absolute Gasteiger partial charge is 0.508 e. The minimum atomic E-state index is 0.00417. The maximum atomic E-state index is 13.2. The Labute approximate surface area is 152 Å². The van der Waals surface area contributed by atoms with Gasteiger partial charge in [0.2, 0.25) is 0 Å². The number of imidazole rings is 1. The molecule has 0 aliphatic carbocycles. The van der Waals surface area contributed by atoms with Crippen molar-refractivity contribution < 1.29 is 9.90 Å². The van der Waals surface area contributed by atoms with E-state index in [1.807, 2.05) is 24.0 Å². The Morgan fingerprint density at radius 2 is 2.08 bits per heavy atom. The lowest BCUT2D eigenvalue weighted by Crippen LogP contribution is -2.60. The molecule has 0 spiro atoms. The third-order valence-corrected chi connectivity index (χ3v) is 6.46. The van der Waals surface area contributed by atoms with Gasteiger partial charge >= 0.3 is 0 Å². The zero-order valence-corrected chi connectivity index (χ0v) is 14.9. The summed E-state index contributed by atoms with van der Waals surface area (Å²) in [4.78, 5) is 25.2. The van der Waals surface area contributed by atoms with Crippen LogP contribution in [0, 0.1) is 12.8 Å². The molecule has 2 N–H and O–H groups in total. The Kier molecular flexibility index (Phi) is 3.57. The first kappa shape index (κ1) is 15.9. The monoisotopic (exact) mass is 352 g/mol. The fourth-order valence-electron chi connectivity index (χ4n) is 5.36. The van der Waals surface area contributed by atoms with Gasteiger partial charge in [-0.05, 0) is 56.5 Å². The van der Waals surface area contributed by atoms with Crippen molar-refractivity contribution in [2.24, 2.45) is 5.92 Å². The number of carbonyl (C=O) groups excluding carboxylic acids is 1. The third kappa shape index (κ3) is 2.35. The van der Waals surface area contributed by atoms with Gasteiger partial charge in [-0.25, -0.2) is 4.98 Å². The molecule has 4 aliphatic rings. The summed E-state index contributed by atoms with van der Waals surface area (Å²) >= 11 is 0. The van der Waals surface area contributed by atoms with E-state index in [1.54, 1.807) is 12.3 Å². The van der Waals surface area contributed by atoms with E-state index in [0.717, 1.165) is 37.2 Å². The molecule has 5 heterocycles. The Morgan fingerprint density at radius 3 is 2.77 bits per heavy atom. The lowest BCUT2D eigenvalue weighted by atomic mass is 9.75. The number of rotatable bonds is 2. The molecular weight excluding hydrogens is 328 g/mol. The van der Waals surface area contributed by atoms with Gasteiger partial charge in [0.15, 0.2) is 5.82 Å². The molecular formula is C20H24N4O2. The second-order valence-electron chi connectivity index (χ2n) is 7.93. The number of benzene rings is 1. The molecule has 4 aliphatic heterocycles. The number of amides is 1. The molecule has 6 rings (SSSR count). The number of phenolic OH excluding ortho intramolecular Hbond substituents is 1. The Balaban J connectivity index is 1.53. The van der Waals surface area contributed by atoms with Gasteiger partial charge in [0.25, 0.3) is 5.91 Å². The summed E-state index contributed by atoms with van der Waals surface area (Å²) in [5.74, 6) is 1.53. The van der Waals surface area contributed by atoms with Gasteiger partial charge in [-0.15, -0.1) is 0 Å². The lowest BCUT2D eigenvalue weighted by molar-refractivity contribution is -0.00375. The number of likely N-dealkylation sites (tertiary alicyclic amines) is 1. The van der Waals surface area contributed by atoms with E-state index < -0.39 is 0 Å². The standard InChI is InChI=1S/C20H24N4O2/c1-12-10-21-19(22-12)20(26)24-11-16(14-3-2-4-15(25)9-14)18-17(24)13-5-7-23(18)8-6-13/h2-4,9-10,13,16-18,25H,5-8,11H2,1H3,(H,21,22)/t16-,17+,18+/m0/s1. The number of aromatic hydroxyl groups is 1. The van der Waals surface area contributed by atoms with Crippen LogP contribution in [0.3, 0.4) is 0 Å². The van der Waals surface area contributed by atoms with Crippen molar-refractivity contribution >= 4 is 5.91 Å². The average Bonchev–Trinajstić information content (AvgIpc) is 3.27. The number of hydrogen-bond acceptors (Lipinski definition) is 4. The van der Waals surface area contributed by atoms with Crippen molar-refractivity contribution in [3.63, 3.8) is 0 Å². The quantitative estimate of drug-likeness (QED) is 0.868. The molecule has 1 amide bonds. The van der Waals surface area contributed by atoms with Crippen molar-refractivity contribution in [3.05, 3.63) is 47.5 Å². The number of phenols is 1. The molecule has 1 aromatic carbocycles. The topological polar surface area (TPSA) is 72.5 Å². The molecule has 2 bridgehead atoms. The first-order valence-corrected chi connectivity index (χ1v) is 9.47. The van der Waals surface area contributed by atoms with Crippen LogP contribution in [0.15, 0.2) is 30.5 Å². The van der Waals surface area contributed by atoms with E-state index in [4.69, 9.17) is 0 Å². The lowest BCUT2D eigenvalue weighted by Gasteiger charge is -2.51. The summed E-state index contributed by atoms with van der Waals surface area (Å²) in [6.45, 7) is 4.83. The van der Waals surface area contributed by atoms with Crippen LogP contribution in [0.5, 0.6) is 5.75 Å². The minimum absolute atomic E-state index is 0.00417. The van der Waals surface area contributed by atoms with Gasteiger partial charge in [0, 0.05) is 30.4 Å². The van der Waals surface area contributed by atoms with Crippen LogP contribution in [0.25, 0.3) is 0 Å². The maximum absolute atomic E-state index is 13.2. The highest BCUT2D eigenvalue weighted by Crippen LogP contribution is 2.47. The van der Waals surface area contributed by atoms with E-state index in [0.29, 0.717) is 30.1 Å². The number of aromatic nitrogens is 2. The number of H-pyrrole nitrogens is 1. The first-order valence-electron chi connectivity index (χ1n) is 9.47. The normalized spacial score (nSPS) is 32.7. The van der Waals surface area contributed by atoms with Crippen molar-refractivity contribution in [3.8, 4) is 5.75 Å². The summed E-state index contributed by atoms with van der Waals surface area (Å²) < 4.78 is 0. The van der Waals surface area contributed by atoms with Gasteiger partial charge in [-0.2, -0.15) is 0 Å². The van der Waals surface area contributed by atoms with Gasteiger partial charge in [-0.1, -0.05) is 12.1 Å².